The van der Waals surface area contributed by atoms with Crippen molar-refractivity contribution in [3.05, 3.63) is 64.0 Å². The first-order valence-electron chi connectivity index (χ1n) is 8.82. The smallest absolute Gasteiger partial charge is 0.197 e. The van der Waals surface area contributed by atoms with Crippen LogP contribution in [0.4, 0.5) is 0 Å². The number of nitrogens with zero attached hydrogens (tertiary/aromatic N) is 1. The maximum absolute atomic E-state index is 12.7. The number of β-amino-alcohol motifs (C(OH)–C–C–N with tert-alkyl or cyclic N) is 1. The molecule has 2 heterocycles. The third-order valence-corrected chi connectivity index (χ3v) is 5.42. The van der Waals surface area contributed by atoms with Crippen LogP contribution in [0.5, 0.6) is 11.5 Å². The SMILES string of the molecule is C=C/C(Cl)=C(\C=C)c1cc(=O)c2c(O)cc(O)c(C3CCN(C)CC3O)c2o1. The molecule has 2 unspecified atom stereocenters. The van der Waals surface area contributed by atoms with Gasteiger partial charge in [-0.05, 0) is 26.1 Å². The number of aliphatic hydroxyl groups is 1. The van der Waals surface area contributed by atoms with Gasteiger partial charge in [-0.2, -0.15) is 0 Å². The summed E-state index contributed by atoms with van der Waals surface area (Å²) in [6.07, 6.45) is 2.61. The molecule has 1 aliphatic heterocycles. The fourth-order valence-electron chi connectivity index (χ4n) is 3.66. The number of rotatable bonds is 4. The molecule has 7 heteroatoms. The number of aliphatic hydroxyl groups excluding tert-OH is 1. The number of likely N-dealkylation sites (N-methyl/N-ethyl adjacent to an activating group) is 1. The third kappa shape index (κ3) is 3.46. The van der Waals surface area contributed by atoms with Gasteiger partial charge in [-0.1, -0.05) is 30.8 Å². The minimum Gasteiger partial charge on any atom is -0.507 e. The van der Waals surface area contributed by atoms with Crippen LogP contribution < -0.4 is 5.43 Å². The first-order chi connectivity index (χ1) is 13.3. The maximum Gasteiger partial charge on any atom is 0.197 e. The van der Waals surface area contributed by atoms with Crippen LogP contribution in [0.1, 0.15) is 23.7 Å². The normalized spacial score (nSPS) is 21.4. The largest absolute Gasteiger partial charge is 0.507 e. The molecule has 148 valence electrons. The van der Waals surface area contributed by atoms with Gasteiger partial charge >= 0.3 is 0 Å². The van der Waals surface area contributed by atoms with E-state index in [0.717, 1.165) is 6.07 Å². The Labute approximate surface area is 167 Å². The van der Waals surface area contributed by atoms with Gasteiger partial charge in [0, 0.05) is 35.7 Å². The number of hydrogen-bond acceptors (Lipinski definition) is 6. The molecule has 0 spiro atoms. The van der Waals surface area contributed by atoms with E-state index in [1.54, 1.807) is 0 Å². The highest BCUT2D eigenvalue weighted by Gasteiger charge is 2.33. The summed E-state index contributed by atoms with van der Waals surface area (Å²) in [6.45, 7) is 8.40. The van der Waals surface area contributed by atoms with E-state index in [9.17, 15) is 20.1 Å². The van der Waals surface area contributed by atoms with Gasteiger partial charge in [-0.25, -0.2) is 0 Å². The van der Waals surface area contributed by atoms with Crippen LogP contribution in [0, 0.1) is 0 Å². The molecule has 3 rings (SSSR count). The highest BCUT2D eigenvalue weighted by Crippen LogP contribution is 2.42. The Kier molecular flexibility index (Phi) is 5.65. The van der Waals surface area contributed by atoms with E-state index in [1.807, 2.05) is 11.9 Å². The van der Waals surface area contributed by atoms with E-state index in [4.69, 9.17) is 16.0 Å². The number of hydrogen-bond donors (Lipinski definition) is 3. The number of likely N-dealkylation sites (tertiary alicyclic amines) is 1. The van der Waals surface area contributed by atoms with E-state index >= 15 is 0 Å². The highest BCUT2D eigenvalue weighted by molar-refractivity contribution is 6.34. The molecule has 0 radical (unpaired) electrons. The zero-order chi connectivity index (χ0) is 20.6. The predicted molar refractivity (Wildman–Crippen MR) is 110 cm³/mol. The molecule has 0 amide bonds. The summed E-state index contributed by atoms with van der Waals surface area (Å²) in [7, 11) is 1.89. The summed E-state index contributed by atoms with van der Waals surface area (Å²) in [5.41, 5.74) is 0.186. The van der Waals surface area contributed by atoms with Crippen molar-refractivity contribution in [3.8, 4) is 11.5 Å². The van der Waals surface area contributed by atoms with Crippen LogP contribution in [0.15, 0.2) is 51.7 Å². The second-order valence-electron chi connectivity index (χ2n) is 6.90. The van der Waals surface area contributed by atoms with Crippen LogP contribution in [0.25, 0.3) is 16.5 Å². The van der Waals surface area contributed by atoms with E-state index in [0.29, 0.717) is 30.6 Å². The molecule has 3 N–H and O–H groups in total. The molecule has 6 nitrogen and oxygen atoms in total. The van der Waals surface area contributed by atoms with Gasteiger partial charge in [0.1, 0.15) is 28.2 Å². The van der Waals surface area contributed by atoms with Crippen molar-refractivity contribution in [3.63, 3.8) is 0 Å². The molecule has 2 atom stereocenters. The maximum atomic E-state index is 12.7. The minimum absolute atomic E-state index is 0.0291. The lowest BCUT2D eigenvalue weighted by Gasteiger charge is -2.34. The molecule has 1 aliphatic rings. The van der Waals surface area contributed by atoms with Gasteiger partial charge in [-0.3, -0.25) is 4.79 Å². The van der Waals surface area contributed by atoms with E-state index < -0.39 is 23.2 Å². The Balaban J connectivity index is 2.34. The average Bonchev–Trinajstić information content (AvgIpc) is 2.63. The predicted octanol–water partition coefficient (Wildman–Crippen LogP) is 3.31. The zero-order valence-corrected chi connectivity index (χ0v) is 16.2. The van der Waals surface area contributed by atoms with Gasteiger partial charge in [0.15, 0.2) is 5.43 Å². The number of aromatic hydroxyl groups is 2. The lowest BCUT2D eigenvalue weighted by Crippen LogP contribution is -2.40. The molecule has 0 saturated carbocycles. The van der Waals surface area contributed by atoms with E-state index in [1.165, 1.54) is 18.2 Å². The average molecular weight is 404 g/mol. The number of fused-ring (bicyclic) bond motifs is 1. The fourth-order valence-corrected chi connectivity index (χ4v) is 3.84. The summed E-state index contributed by atoms with van der Waals surface area (Å²) in [5, 5.41) is 31.5. The fraction of sp³-hybridized carbons (Fsp3) is 0.286. The molecular weight excluding hydrogens is 382 g/mol. The molecule has 2 aromatic rings. The standard InChI is InChI=1S/C21H22ClNO5/c1-4-11(13(22)5-2)18-9-16(26)20-15(25)8-14(24)19(21(20)28-18)12-6-7-23(3)10-17(12)27/h4-5,8-9,12,17,24-25,27H,1-2,6-7,10H2,3H3/b13-11-. The summed E-state index contributed by atoms with van der Waals surface area (Å²) >= 11 is 6.14. The van der Waals surface area contributed by atoms with Gasteiger partial charge in [0.25, 0.3) is 0 Å². The van der Waals surface area contributed by atoms with Gasteiger partial charge < -0.3 is 24.6 Å². The number of benzene rings is 1. The Bertz CT molecular complexity index is 1040. The molecule has 1 fully saturated rings. The van der Waals surface area contributed by atoms with Crippen molar-refractivity contribution in [2.45, 2.75) is 18.4 Å². The van der Waals surface area contributed by atoms with Crippen LogP contribution in [0.2, 0.25) is 0 Å². The zero-order valence-electron chi connectivity index (χ0n) is 15.5. The Morgan fingerprint density at radius 1 is 1.29 bits per heavy atom. The molecule has 0 bridgehead atoms. The number of phenolic OH excluding ortho intramolecular Hbond substituents is 2. The van der Waals surface area contributed by atoms with Crippen LogP contribution in [-0.4, -0.2) is 46.5 Å². The molecule has 1 saturated heterocycles. The lowest BCUT2D eigenvalue weighted by atomic mass is 9.85. The molecular formula is C21H22ClNO5. The molecule has 28 heavy (non-hydrogen) atoms. The topological polar surface area (TPSA) is 94.1 Å². The molecule has 1 aromatic carbocycles. The summed E-state index contributed by atoms with van der Waals surface area (Å²) < 4.78 is 5.93. The number of piperidine rings is 1. The second kappa shape index (κ2) is 7.83. The van der Waals surface area contributed by atoms with Crippen LogP contribution in [0.3, 0.4) is 0 Å². The van der Waals surface area contributed by atoms with E-state index in [-0.39, 0.29) is 27.5 Å². The van der Waals surface area contributed by atoms with Crippen LogP contribution >= 0.6 is 11.6 Å². The summed E-state index contributed by atoms with van der Waals surface area (Å²) in [4.78, 5) is 14.7. The van der Waals surface area contributed by atoms with Crippen molar-refractivity contribution in [2.75, 3.05) is 20.1 Å². The van der Waals surface area contributed by atoms with Crippen molar-refractivity contribution >= 4 is 28.1 Å². The van der Waals surface area contributed by atoms with Crippen LogP contribution in [-0.2, 0) is 0 Å². The molecule has 1 aromatic heterocycles. The van der Waals surface area contributed by atoms with Gasteiger partial charge in [0.05, 0.1) is 11.1 Å². The number of allylic oxidation sites excluding steroid dienone is 4. The third-order valence-electron chi connectivity index (χ3n) is 5.06. The quantitative estimate of drug-likeness (QED) is 0.678. The minimum atomic E-state index is -0.766. The van der Waals surface area contributed by atoms with Gasteiger partial charge in [0.2, 0.25) is 0 Å². The number of phenols is 2. The summed E-state index contributed by atoms with van der Waals surface area (Å²) in [5.74, 6) is -0.953. The van der Waals surface area contributed by atoms with Crippen molar-refractivity contribution < 1.29 is 19.7 Å². The monoisotopic (exact) mass is 403 g/mol. The van der Waals surface area contributed by atoms with Crippen molar-refractivity contribution in [1.82, 2.24) is 4.90 Å². The van der Waals surface area contributed by atoms with Crippen molar-refractivity contribution in [1.29, 1.82) is 0 Å². The second-order valence-corrected chi connectivity index (χ2v) is 7.31. The van der Waals surface area contributed by atoms with E-state index in [2.05, 4.69) is 13.2 Å². The highest BCUT2D eigenvalue weighted by atomic mass is 35.5. The Morgan fingerprint density at radius 3 is 2.61 bits per heavy atom. The number of halogens is 1. The first-order valence-corrected chi connectivity index (χ1v) is 9.20. The first kappa shape index (κ1) is 20.2. The lowest BCUT2D eigenvalue weighted by molar-refractivity contribution is 0.0630. The Hall–Kier alpha value is -2.54. The summed E-state index contributed by atoms with van der Waals surface area (Å²) in [6, 6.07) is 2.32. The van der Waals surface area contributed by atoms with Gasteiger partial charge in [-0.15, -0.1) is 0 Å². The molecule has 0 aliphatic carbocycles. The van der Waals surface area contributed by atoms with Crippen molar-refractivity contribution in [2.24, 2.45) is 0 Å². The Morgan fingerprint density at radius 2 is 2.00 bits per heavy atom.